The minimum Gasteiger partial charge on any atom is -0.456 e. The first-order valence-corrected chi connectivity index (χ1v) is 13.2. The summed E-state index contributed by atoms with van der Waals surface area (Å²) in [4.78, 5) is 4.36. The van der Waals surface area contributed by atoms with Crippen molar-refractivity contribution < 1.29 is 4.42 Å². The normalized spacial score (nSPS) is 11.5. The number of nitriles is 1. The summed E-state index contributed by atoms with van der Waals surface area (Å²) in [7, 11) is 0. The number of rotatable bonds is 3. The monoisotopic (exact) mass is 511 g/mol. The van der Waals surface area contributed by atoms with Crippen LogP contribution in [0.4, 0.5) is 0 Å². The molecule has 4 nitrogen and oxygen atoms in total. The lowest BCUT2D eigenvalue weighted by molar-refractivity contribution is 0.669. The first kappa shape index (κ1) is 22.3. The maximum Gasteiger partial charge on any atom is 0.135 e. The largest absolute Gasteiger partial charge is 0.456 e. The number of aromatic nitrogens is 2. The second kappa shape index (κ2) is 8.69. The van der Waals surface area contributed by atoms with Crippen LogP contribution in [-0.4, -0.2) is 9.55 Å². The topological polar surface area (TPSA) is 54.8 Å². The predicted molar refractivity (Wildman–Crippen MR) is 161 cm³/mol. The fraction of sp³-hybridized carbons (Fsp3) is 0. The van der Waals surface area contributed by atoms with Crippen LogP contribution in [0.5, 0.6) is 0 Å². The molecule has 0 amide bonds. The molecule has 0 atom stereocenters. The summed E-state index contributed by atoms with van der Waals surface area (Å²) in [5, 5.41) is 13.7. The van der Waals surface area contributed by atoms with Gasteiger partial charge in [0.2, 0.25) is 0 Å². The van der Waals surface area contributed by atoms with Crippen LogP contribution in [0.2, 0.25) is 0 Å². The molecule has 0 radical (unpaired) electrons. The van der Waals surface area contributed by atoms with Crippen LogP contribution >= 0.6 is 0 Å². The van der Waals surface area contributed by atoms with Gasteiger partial charge in [0.05, 0.1) is 22.7 Å². The predicted octanol–water partition coefficient (Wildman–Crippen LogP) is 9.28. The van der Waals surface area contributed by atoms with Gasteiger partial charge in [-0.1, -0.05) is 54.6 Å². The zero-order valence-corrected chi connectivity index (χ0v) is 21.4. The lowest BCUT2D eigenvalue weighted by atomic mass is 9.98. The Morgan fingerprint density at radius 2 is 1.30 bits per heavy atom. The van der Waals surface area contributed by atoms with Gasteiger partial charge in [-0.25, -0.2) is 0 Å². The van der Waals surface area contributed by atoms with Crippen molar-refractivity contribution in [2.75, 3.05) is 0 Å². The highest BCUT2D eigenvalue weighted by molar-refractivity contribution is 6.11. The van der Waals surface area contributed by atoms with Crippen molar-refractivity contribution in [3.63, 3.8) is 0 Å². The van der Waals surface area contributed by atoms with Crippen molar-refractivity contribution >= 4 is 43.7 Å². The van der Waals surface area contributed by atoms with Crippen LogP contribution in [0.25, 0.3) is 71.7 Å². The van der Waals surface area contributed by atoms with Crippen molar-refractivity contribution in [1.29, 1.82) is 5.26 Å². The molecule has 4 heteroatoms. The fourth-order valence-corrected chi connectivity index (χ4v) is 5.81. The Hall–Kier alpha value is -5.66. The average Bonchev–Trinajstić information content (AvgIpc) is 3.56. The molecular formula is C36H21N3O. The molecular weight excluding hydrogens is 490 g/mol. The maximum atomic E-state index is 9.48. The van der Waals surface area contributed by atoms with Crippen molar-refractivity contribution in [2.45, 2.75) is 0 Å². The summed E-state index contributed by atoms with van der Waals surface area (Å²) in [5.41, 5.74) is 10.2. The van der Waals surface area contributed by atoms with Crippen molar-refractivity contribution in [3.8, 4) is 34.0 Å². The quantitative estimate of drug-likeness (QED) is 0.237. The Bertz CT molecular complexity index is 2280. The number of hydrogen-bond donors (Lipinski definition) is 0. The van der Waals surface area contributed by atoms with Gasteiger partial charge >= 0.3 is 0 Å². The number of furan rings is 1. The van der Waals surface area contributed by atoms with E-state index >= 15 is 0 Å². The molecule has 5 aromatic carbocycles. The smallest absolute Gasteiger partial charge is 0.135 e. The average molecular weight is 512 g/mol. The minimum absolute atomic E-state index is 0.635. The summed E-state index contributed by atoms with van der Waals surface area (Å²) < 4.78 is 8.49. The summed E-state index contributed by atoms with van der Waals surface area (Å²) >= 11 is 0. The third-order valence-corrected chi connectivity index (χ3v) is 7.71. The van der Waals surface area contributed by atoms with Crippen LogP contribution in [0, 0.1) is 11.3 Å². The van der Waals surface area contributed by atoms with Crippen molar-refractivity contribution in [1.82, 2.24) is 9.55 Å². The number of nitrogens with zero attached hydrogens (tertiary/aromatic N) is 3. The highest BCUT2D eigenvalue weighted by Crippen LogP contribution is 2.37. The highest BCUT2D eigenvalue weighted by atomic mass is 16.3. The SMILES string of the molecule is N#Cc1ccc2c(c1)c1cnccc1n2-c1ccc2oc3ccc(-c4cccc(-c5ccccc5)c4)cc3c2c1. The summed E-state index contributed by atoms with van der Waals surface area (Å²) in [6.45, 7) is 0. The number of pyridine rings is 1. The van der Waals surface area contributed by atoms with Gasteiger partial charge < -0.3 is 8.98 Å². The first-order valence-electron chi connectivity index (χ1n) is 13.2. The Morgan fingerprint density at radius 3 is 2.15 bits per heavy atom. The zero-order valence-electron chi connectivity index (χ0n) is 21.4. The molecule has 3 heterocycles. The van der Waals surface area contributed by atoms with Crippen LogP contribution in [0.15, 0.2) is 132 Å². The van der Waals surface area contributed by atoms with E-state index in [4.69, 9.17) is 4.42 Å². The van der Waals surface area contributed by atoms with E-state index in [-0.39, 0.29) is 0 Å². The second-order valence-electron chi connectivity index (χ2n) is 10.0. The van der Waals surface area contributed by atoms with E-state index in [1.165, 1.54) is 11.1 Å². The molecule has 0 aliphatic heterocycles. The van der Waals surface area contributed by atoms with Gasteiger partial charge in [-0.3, -0.25) is 4.98 Å². The van der Waals surface area contributed by atoms with E-state index in [2.05, 4.69) is 94.5 Å². The van der Waals surface area contributed by atoms with E-state index in [1.807, 2.05) is 48.8 Å². The number of fused-ring (bicyclic) bond motifs is 6. The highest BCUT2D eigenvalue weighted by Gasteiger charge is 2.15. The van der Waals surface area contributed by atoms with Gasteiger partial charge in [0.25, 0.3) is 0 Å². The minimum atomic E-state index is 0.635. The Balaban J connectivity index is 1.31. The van der Waals surface area contributed by atoms with Gasteiger partial charge in [0.15, 0.2) is 0 Å². The Kier molecular flexibility index (Phi) is 4.85. The molecule has 186 valence electrons. The van der Waals surface area contributed by atoms with Crippen molar-refractivity contribution in [3.05, 3.63) is 133 Å². The Labute approximate surface area is 230 Å². The molecule has 0 aliphatic rings. The molecule has 0 saturated carbocycles. The van der Waals surface area contributed by atoms with Gasteiger partial charge in [-0.2, -0.15) is 5.26 Å². The van der Waals surface area contributed by atoms with Crippen molar-refractivity contribution in [2.24, 2.45) is 0 Å². The summed E-state index contributed by atoms with van der Waals surface area (Å²) in [6, 6.07) is 42.0. The van der Waals surface area contributed by atoms with Crippen LogP contribution in [-0.2, 0) is 0 Å². The lowest BCUT2D eigenvalue weighted by Gasteiger charge is -2.08. The molecule has 0 saturated heterocycles. The van der Waals surface area contributed by atoms with Gasteiger partial charge in [0.1, 0.15) is 11.2 Å². The summed E-state index contributed by atoms with van der Waals surface area (Å²) in [5.74, 6) is 0. The van der Waals surface area contributed by atoms with E-state index < -0.39 is 0 Å². The molecule has 0 N–H and O–H groups in total. The zero-order chi connectivity index (χ0) is 26.6. The molecule has 40 heavy (non-hydrogen) atoms. The molecule has 0 fully saturated rings. The maximum absolute atomic E-state index is 9.48. The van der Waals surface area contributed by atoms with E-state index in [0.29, 0.717) is 5.56 Å². The van der Waals surface area contributed by atoms with E-state index in [1.54, 1.807) is 0 Å². The van der Waals surface area contributed by atoms with Gasteiger partial charge in [-0.15, -0.1) is 0 Å². The third kappa shape index (κ3) is 3.42. The molecule has 0 spiro atoms. The van der Waals surface area contributed by atoms with Crippen LogP contribution in [0.3, 0.4) is 0 Å². The number of benzene rings is 5. The third-order valence-electron chi connectivity index (χ3n) is 7.71. The van der Waals surface area contributed by atoms with E-state index in [0.717, 1.165) is 60.6 Å². The Morgan fingerprint density at radius 1 is 0.575 bits per heavy atom. The molecule has 0 bridgehead atoms. The standard InChI is InChI=1S/C36H21N3O/c37-21-23-9-12-33-29(17-23)32-22-38-16-15-34(32)39(33)28-11-14-36-31(20-28)30-19-27(10-13-35(30)40-36)26-8-4-7-25(18-26)24-5-2-1-3-6-24/h1-20,22H. The van der Waals surface area contributed by atoms with Crippen LogP contribution in [0.1, 0.15) is 5.56 Å². The van der Waals surface area contributed by atoms with E-state index in [9.17, 15) is 5.26 Å². The number of hydrogen-bond acceptors (Lipinski definition) is 3. The molecule has 3 aromatic heterocycles. The molecule has 8 aromatic rings. The second-order valence-corrected chi connectivity index (χ2v) is 10.0. The fourth-order valence-electron chi connectivity index (χ4n) is 5.81. The molecule has 8 rings (SSSR count). The van der Waals surface area contributed by atoms with Gasteiger partial charge in [-0.05, 0) is 82.9 Å². The first-order chi connectivity index (χ1) is 19.8. The van der Waals surface area contributed by atoms with Gasteiger partial charge in [0, 0.05) is 39.6 Å². The van der Waals surface area contributed by atoms with Crippen LogP contribution < -0.4 is 0 Å². The molecule has 0 unspecified atom stereocenters. The summed E-state index contributed by atoms with van der Waals surface area (Å²) in [6.07, 6.45) is 3.68. The lowest BCUT2D eigenvalue weighted by Crippen LogP contribution is -1.93. The molecule has 0 aliphatic carbocycles.